The summed E-state index contributed by atoms with van der Waals surface area (Å²) in [6.45, 7) is 7.48. The fraction of sp³-hybridized carbons (Fsp3) is 0.625. The first-order valence-corrected chi connectivity index (χ1v) is 7.19. The summed E-state index contributed by atoms with van der Waals surface area (Å²) in [5.41, 5.74) is 1.27. The van der Waals surface area contributed by atoms with E-state index in [0.717, 1.165) is 18.7 Å². The van der Waals surface area contributed by atoms with Gasteiger partial charge in [-0.25, -0.2) is 0 Å². The van der Waals surface area contributed by atoms with Gasteiger partial charge in [0.2, 0.25) is 0 Å². The number of ether oxygens (including phenoxy) is 2. The molecule has 19 heavy (non-hydrogen) atoms. The third-order valence-corrected chi connectivity index (χ3v) is 3.81. The standard InChI is InChI=1S/C16H25NO2/c1-5-17-13-10-15(16(13)18-4)19-14-9-7-6-8-12(14)11(2)3/h6-9,11,13,15-17H,5,10H2,1-4H3. The Morgan fingerprint density at radius 2 is 2.05 bits per heavy atom. The molecule has 3 atom stereocenters. The van der Waals surface area contributed by atoms with Crippen LogP contribution in [-0.2, 0) is 4.74 Å². The van der Waals surface area contributed by atoms with Crippen LogP contribution in [0.25, 0.3) is 0 Å². The molecule has 0 spiro atoms. The summed E-state index contributed by atoms with van der Waals surface area (Å²) in [7, 11) is 1.76. The SMILES string of the molecule is CCNC1CC(Oc2ccccc2C(C)C)C1OC. The summed E-state index contributed by atoms with van der Waals surface area (Å²) >= 11 is 0. The first-order valence-electron chi connectivity index (χ1n) is 7.19. The predicted octanol–water partition coefficient (Wildman–Crippen LogP) is 2.95. The summed E-state index contributed by atoms with van der Waals surface area (Å²) in [4.78, 5) is 0. The highest BCUT2D eigenvalue weighted by atomic mass is 16.5. The minimum absolute atomic E-state index is 0.153. The maximum atomic E-state index is 6.16. The van der Waals surface area contributed by atoms with Crippen molar-refractivity contribution in [3.05, 3.63) is 29.8 Å². The molecule has 1 aromatic rings. The summed E-state index contributed by atoms with van der Waals surface area (Å²) in [6.07, 6.45) is 1.33. The van der Waals surface area contributed by atoms with E-state index in [1.54, 1.807) is 7.11 Å². The molecule has 0 radical (unpaired) electrons. The average Bonchev–Trinajstić information content (AvgIpc) is 2.38. The number of methoxy groups -OCH3 is 1. The predicted molar refractivity (Wildman–Crippen MR) is 77.8 cm³/mol. The zero-order valence-corrected chi connectivity index (χ0v) is 12.3. The van der Waals surface area contributed by atoms with E-state index in [1.807, 2.05) is 6.07 Å². The van der Waals surface area contributed by atoms with Gasteiger partial charge in [-0.15, -0.1) is 0 Å². The number of hydrogen-bond donors (Lipinski definition) is 1. The molecular formula is C16H25NO2. The van der Waals surface area contributed by atoms with Crippen LogP contribution in [0, 0.1) is 0 Å². The summed E-state index contributed by atoms with van der Waals surface area (Å²) in [6, 6.07) is 8.72. The van der Waals surface area contributed by atoms with Gasteiger partial charge in [0.1, 0.15) is 18.0 Å². The van der Waals surface area contributed by atoms with Gasteiger partial charge >= 0.3 is 0 Å². The molecule has 3 nitrogen and oxygen atoms in total. The van der Waals surface area contributed by atoms with Crippen LogP contribution in [0.4, 0.5) is 0 Å². The molecule has 106 valence electrons. The molecule has 0 heterocycles. The van der Waals surface area contributed by atoms with Crippen molar-refractivity contribution < 1.29 is 9.47 Å². The highest BCUT2D eigenvalue weighted by molar-refractivity contribution is 5.36. The third kappa shape index (κ3) is 3.10. The smallest absolute Gasteiger partial charge is 0.128 e. The van der Waals surface area contributed by atoms with Gasteiger partial charge in [-0.3, -0.25) is 0 Å². The van der Waals surface area contributed by atoms with Crippen molar-refractivity contribution in [3.63, 3.8) is 0 Å². The normalized spacial score (nSPS) is 26.3. The Morgan fingerprint density at radius 3 is 2.68 bits per heavy atom. The minimum atomic E-state index is 0.153. The van der Waals surface area contributed by atoms with E-state index in [4.69, 9.17) is 9.47 Å². The van der Waals surface area contributed by atoms with Crippen molar-refractivity contribution in [3.8, 4) is 5.75 Å². The van der Waals surface area contributed by atoms with Crippen molar-refractivity contribution in [1.29, 1.82) is 0 Å². The molecule has 1 saturated carbocycles. The summed E-state index contributed by atoms with van der Waals surface area (Å²) < 4.78 is 11.7. The van der Waals surface area contributed by atoms with E-state index in [1.165, 1.54) is 5.56 Å². The molecule has 1 fully saturated rings. The monoisotopic (exact) mass is 263 g/mol. The fourth-order valence-electron chi connectivity index (χ4n) is 2.70. The van der Waals surface area contributed by atoms with Crippen molar-refractivity contribution in [2.45, 2.75) is 51.4 Å². The lowest BCUT2D eigenvalue weighted by molar-refractivity contribution is -0.0887. The molecule has 1 aromatic carbocycles. The lowest BCUT2D eigenvalue weighted by atomic mass is 9.85. The molecular weight excluding hydrogens is 238 g/mol. The lowest BCUT2D eigenvalue weighted by Crippen LogP contribution is -2.60. The van der Waals surface area contributed by atoms with Crippen LogP contribution < -0.4 is 10.1 Å². The van der Waals surface area contributed by atoms with Gasteiger partial charge in [0.25, 0.3) is 0 Å². The average molecular weight is 263 g/mol. The molecule has 3 heteroatoms. The van der Waals surface area contributed by atoms with Gasteiger partial charge in [0.15, 0.2) is 0 Å². The zero-order valence-electron chi connectivity index (χ0n) is 12.3. The Labute approximate surface area is 116 Å². The second-order valence-corrected chi connectivity index (χ2v) is 5.45. The maximum Gasteiger partial charge on any atom is 0.128 e. The lowest BCUT2D eigenvalue weighted by Gasteiger charge is -2.43. The van der Waals surface area contributed by atoms with Crippen LogP contribution in [0.15, 0.2) is 24.3 Å². The highest BCUT2D eigenvalue weighted by Crippen LogP contribution is 2.32. The second-order valence-electron chi connectivity index (χ2n) is 5.45. The number of rotatable bonds is 6. The quantitative estimate of drug-likeness (QED) is 0.856. The van der Waals surface area contributed by atoms with Crippen LogP contribution in [0.5, 0.6) is 5.75 Å². The van der Waals surface area contributed by atoms with E-state index < -0.39 is 0 Å². The zero-order chi connectivity index (χ0) is 13.8. The largest absolute Gasteiger partial charge is 0.487 e. The molecule has 0 aromatic heterocycles. The number of benzene rings is 1. The van der Waals surface area contributed by atoms with Crippen LogP contribution in [0.2, 0.25) is 0 Å². The van der Waals surface area contributed by atoms with Crippen molar-refractivity contribution in [2.24, 2.45) is 0 Å². The topological polar surface area (TPSA) is 30.5 Å². The van der Waals surface area contributed by atoms with Crippen molar-refractivity contribution >= 4 is 0 Å². The van der Waals surface area contributed by atoms with Crippen LogP contribution in [-0.4, -0.2) is 31.9 Å². The number of nitrogens with one attached hydrogen (secondary N) is 1. The molecule has 3 unspecified atom stereocenters. The molecule has 1 aliphatic carbocycles. The van der Waals surface area contributed by atoms with Gasteiger partial charge in [-0.05, 0) is 24.1 Å². The first kappa shape index (κ1) is 14.4. The van der Waals surface area contributed by atoms with Gasteiger partial charge in [0, 0.05) is 19.6 Å². The molecule has 0 amide bonds. The summed E-state index contributed by atoms with van der Waals surface area (Å²) in [5, 5.41) is 3.43. The fourth-order valence-corrected chi connectivity index (χ4v) is 2.70. The highest BCUT2D eigenvalue weighted by Gasteiger charge is 2.42. The van der Waals surface area contributed by atoms with Gasteiger partial charge < -0.3 is 14.8 Å². The molecule has 0 bridgehead atoms. The maximum absolute atomic E-state index is 6.16. The Balaban J connectivity index is 2.02. The second kappa shape index (κ2) is 6.40. The third-order valence-electron chi connectivity index (χ3n) is 3.81. The van der Waals surface area contributed by atoms with Crippen LogP contribution in [0.3, 0.4) is 0 Å². The van der Waals surface area contributed by atoms with Crippen molar-refractivity contribution in [1.82, 2.24) is 5.32 Å². The molecule has 2 rings (SSSR count). The van der Waals surface area contributed by atoms with Crippen molar-refractivity contribution in [2.75, 3.05) is 13.7 Å². The Bertz CT molecular complexity index is 405. The van der Waals surface area contributed by atoms with E-state index in [9.17, 15) is 0 Å². The van der Waals surface area contributed by atoms with Gasteiger partial charge in [0.05, 0.1) is 0 Å². The van der Waals surface area contributed by atoms with E-state index in [0.29, 0.717) is 12.0 Å². The van der Waals surface area contributed by atoms with Crippen LogP contribution in [0.1, 0.15) is 38.7 Å². The number of para-hydroxylation sites is 1. The number of hydrogen-bond acceptors (Lipinski definition) is 3. The minimum Gasteiger partial charge on any atom is -0.487 e. The molecule has 0 aliphatic heterocycles. The molecule has 1 N–H and O–H groups in total. The van der Waals surface area contributed by atoms with E-state index >= 15 is 0 Å². The van der Waals surface area contributed by atoms with E-state index in [-0.39, 0.29) is 12.2 Å². The Morgan fingerprint density at radius 1 is 1.32 bits per heavy atom. The first-order chi connectivity index (χ1) is 9.17. The Hall–Kier alpha value is -1.06. The Kier molecular flexibility index (Phi) is 4.83. The van der Waals surface area contributed by atoms with Gasteiger partial charge in [-0.1, -0.05) is 39.0 Å². The summed E-state index contributed by atoms with van der Waals surface area (Å²) in [5.74, 6) is 1.47. The molecule has 0 saturated heterocycles. The van der Waals surface area contributed by atoms with E-state index in [2.05, 4.69) is 44.3 Å². The molecule has 1 aliphatic rings. The number of likely N-dealkylation sites (N-methyl/N-ethyl adjacent to an activating group) is 1. The van der Waals surface area contributed by atoms with Gasteiger partial charge in [-0.2, -0.15) is 0 Å². The van der Waals surface area contributed by atoms with Crippen LogP contribution >= 0.6 is 0 Å².